The number of carbonyl (C=O) groups excluding carboxylic acids is 3. The second kappa shape index (κ2) is 8.87. The normalized spacial score (nSPS) is 15.2. The van der Waals surface area contributed by atoms with Gasteiger partial charge < -0.3 is 5.32 Å². The van der Waals surface area contributed by atoms with Crippen LogP contribution in [-0.4, -0.2) is 37.5 Å². The first-order valence-corrected chi connectivity index (χ1v) is 12.7. The summed E-state index contributed by atoms with van der Waals surface area (Å²) >= 11 is 1.34. The van der Waals surface area contributed by atoms with Crippen molar-refractivity contribution in [2.75, 3.05) is 5.32 Å². The number of amides is 1. The maximum atomic E-state index is 13.1. The molecule has 3 aromatic carbocycles. The van der Waals surface area contributed by atoms with Crippen LogP contribution in [0.15, 0.2) is 78.0 Å². The summed E-state index contributed by atoms with van der Waals surface area (Å²) in [6.45, 7) is 1.81. The first-order chi connectivity index (χ1) is 17.5. The molecular weight excluding hydrogens is 472 g/mol. The van der Waals surface area contributed by atoms with Gasteiger partial charge in [0.1, 0.15) is 5.82 Å². The molecule has 6 rings (SSSR count). The average molecular weight is 495 g/mol. The van der Waals surface area contributed by atoms with Gasteiger partial charge in [-0.3, -0.25) is 19.0 Å². The van der Waals surface area contributed by atoms with Crippen molar-refractivity contribution in [2.45, 2.75) is 36.1 Å². The van der Waals surface area contributed by atoms with Crippen LogP contribution in [0.2, 0.25) is 0 Å². The minimum Gasteiger partial charge on any atom is -0.325 e. The van der Waals surface area contributed by atoms with Crippen molar-refractivity contribution < 1.29 is 14.4 Å². The van der Waals surface area contributed by atoms with E-state index in [9.17, 15) is 14.4 Å². The first-order valence-electron chi connectivity index (χ1n) is 11.8. The van der Waals surface area contributed by atoms with Gasteiger partial charge in [0.2, 0.25) is 5.91 Å². The van der Waals surface area contributed by atoms with E-state index in [0.29, 0.717) is 39.0 Å². The van der Waals surface area contributed by atoms with Crippen molar-refractivity contribution in [2.24, 2.45) is 0 Å². The topological polar surface area (TPSA) is 93.9 Å². The molecular formula is C28H22N4O3S. The quantitative estimate of drug-likeness (QED) is 0.333. The number of benzene rings is 3. The Morgan fingerprint density at radius 3 is 2.22 bits per heavy atom. The molecule has 178 valence electrons. The number of nitrogens with one attached hydrogen (secondary N) is 1. The minimum atomic E-state index is -0.474. The summed E-state index contributed by atoms with van der Waals surface area (Å²) in [6.07, 6.45) is 2.19. The molecule has 36 heavy (non-hydrogen) atoms. The van der Waals surface area contributed by atoms with Crippen LogP contribution in [-0.2, 0) is 4.79 Å². The number of para-hydroxylation sites is 1. The molecule has 1 atom stereocenters. The fourth-order valence-corrected chi connectivity index (χ4v) is 5.29. The van der Waals surface area contributed by atoms with Crippen molar-refractivity contribution in [3.63, 3.8) is 0 Å². The van der Waals surface area contributed by atoms with Crippen molar-refractivity contribution >= 4 is 34.9 Å². The molecule has 1 amide bonds. The smallest absolute Gasteiger partial charge is 0.237 e. The van der Waals surface area contributed by atoms with Gasteiger partial charge in [0, 0.05) is 39.5 Å². The van der Waals surface area contributed by atoms with Crippen molar-refractivity contribution in [1.29, 1.82) is 0 Å². The molecule has 2 aliphatic rings. The third-order valence-electron chi connectivity index (χ3n) is 6.46. The summed E-state index contributed by atoms with van der Waals surface area (Å²) in [4.78, 5) is 38.9. The van der Waals surface area contributed by atoms with Crippen LogP contribution in [0, 0.1) is 0 Å². The highest BCUT2D eigenvalue weighted by Crippen LogP contribution is 2.41. The molecule has 1 saturated carbocycles. The molecule has 0 bridgehead atoms. The van der Waals surface area contributed by atoms with Gasteiger partial charge in [0.25, 0.3) is 0 Å². The van der Waals surface area contributed by atoms with E-state index in [4.69, 9.17) is 0 Å². The molecule has 4 aromatic rings. The number of aromatic nitrogens is 3. The predicted octanol–water partition coefficient (Wildman–Crippen LogP) is 5.04. The summed E-state index contributed by atoms with van der Waals surface area (Å²) < 4.78 is 2.03. The third-order valence-corrected chi connectivity index (χ3v) is 7.50. The van der Waals surface area contributed by atoms with Gasteiger partial charge in [-0.2, -0.15) is 0 Å². The summed E-state index contributed by atoms with van der Waals surface area (Å²) in [5.74, 6) is 0.688. The molecule has 0 saturated heterocycles. The fraction of sp³-hybridized carbons (Fsp3) is 0.179. The van der Waals surface area contributed by atoms with Crippen molar-refractivity contribution in [1.82, 2.24) is 14.8 Å². The van der Waals surface area contributed by atoms with Crippen molar-refractivity contribution in [3.8, 4) is 5.69 Å². The molecule has 1 unspecified atom stereocenters. The Bertz CT molecular complexity index is 1530. The van der Waals surface area contributed by atoms with Gasteiger partial charge in [0.15, 0.2) is 16.7 Å². The largest absolute Gasteiger partial charge is 0.325 e. The molecule has 0 spiro atoms. The van der Waals surface area contributed by atoms with Gasteiger partial charge >= 0.3 is 0 Å². The Labute approximate surface area is 211 Å². The zero-order valence-corrected chi connectivity index (χ0v) is 20.3. The second-order valence-electron chi connectivity index (χ2n) is 9.00. The van der Waals surface area contributed by atoms with Crippen LogP contribution in [0.5, 0.6) is 0 Å². The molecule has 0 aliphatic heterocycles. The molecule has 0 radical (unpaired) electrons. The maximum Gasteiger partial charge on any atom is 0.237 e. The minimum absolute atomic E-state index is 0.186. The molecule has 1 aromatic heterocycles. The van der Waals surface area contributed by atoms with E-state index in [-0.39, 0.29) is 17.5 Å². The molecule has 2 aliphatic carbocycles. The van der Waals surface area contributed by atoms with Crippen LogP contribution in [0.1, 0.15) is 63.4 Å². The Kier molecular flexibility index (Phi) is 5.53. The Hall–Kier alpha value is -4.04. The van der Waals surface area contributed by atoms with Crippen LogP contribution in [0.4, 0.5) is 5.69 Å². The fourth-order valence-electron chi connectivity index (χ4n) is 4.42. The second-order valence-corrected chi connectivity index (χ2v) is 10.3. The number of hydrogen-bond acceptors (Lipinski definition) is 6. The highest BCUT2D eigenvalue weighted by atomic mass is 32.2. The van der Waals surface area contributed by atoms with Gasteiger partial charge in [-0.1, -0.05) is 54.2 Å². The molecule has 1 fully saturated rings. The van der Waals surface area contributed by atoms with Crippen molar-refractivity contribution in [3.05, 3.63) is 101 Å². The number of ketones is 2. The van der Waals surface area contributed by atoms with E-state index in [1.807, 2.05) is 41.8 Å². The lowest BCUT2D eigenvalue weighted by atomic mass is 9.84. The van der Waals surface area contributed by atoms with Crippen LogP contribution >= 0.6 is 11.8 Å². The van der Waals surface area contributed by atoms with Crippen LogP contribution in [0.25, 0.3) is 5.69 Å². The lowest BCUT2D eigenvalue weighted by Gasteiger charge is -2.19. The summed E-state index contributed by atoms with van der Waals surface area (Å²) in [5.41, 5.74) is 2.88. The molecule has 1 heterocycles. The Morgan fingerprint density at radius 1 is 0.889 bits per heavy atom. The molecule has 7 nitrogen and oxygen atoms in total. The van der Waals surface area contributed by atoms with E-state index in [1.54, 1.807) is 42.5 Å². The number of rotatable bonds is 6. The van der Waals surface area contributed by atoms with Gasteiger partial charge in [-0.15, -0.1) is 10.2 Å². The zero-order valence-electron chi connectivity index (χ0n) is 19.5. The Morgan fingerprint density at radius 2 is 1.53 bits per heavy atom. The lowest BCUT2D eigenvalue weighted by molar-refractivity contribution is -0.115. The zero-order chi connectivity index (χ0) is 24.8. The number of thioether (sulfide) groups is 1. The van der Waals surface area contributed by atoms with Crippen LogP contribution < -0.4 is 5.32 Å². The van der Waals surface area contributed by atoms with E-state index in [2.05, 4.69) is 15.5 Å². The number of nitrogens with zero attached hydrogens (tertiary/aromatic N) is 3. The number of carbonyl (C=O) groups is 3. The monoisotopic (exact) mass is 494 g/mol. The van der Waals surface area contributed by atoms with Crippen LogP contribution in [0.3, 0.4) is 0 Å². The van der Waals surface area contributed by atoms with E-state index in [0.717, 1.165) is 24.4 Å². The highest BCUT2D eigenvalue weighted by Gasteiger charge is 2.32. The highest BCUT2D eigenvalue weighted by molar-refractivity contribution is 8.00. The number of fused-ring (bicyclic) bond motifs is 2. The third kappa shape index (κ3) is 3.93. The maximum absolute atomic E-state index is 13.1. The number of hydrogen-bond donors (Lipinski definition) is 1. The summed E-state index contributed by atoms with van der Waals surface area (Å²) in [6, 6.07) is 21.6. The standard InChI is InChI=1S/C28H22N4O3S/c1-16(36-28-31-30-26(17-11-12-17)32(28)19-7-3-2-4-8-19)27(35)29-18-13-14-22-23(15-18)25(34)21-10-6-5-9-20(21)24(22)33/h2-10,13-17H,11-12H2,1H3,(H,29,35). The molecule has 1 N–H and O–H groups in total. The van der Waals surface area contributed by atoms with E-state index >= 15 is 0 Å². The van der Waals surface area contributed by atoms with Gasteiger partial charge in [-0.05, 0) is 50.1 Å². The van der Waals surface area contributed by atoms with Gasteiger partial charge in [0.05, 0.1) is 5.25 Å². The first kappa shape index (κ1) is 22.4. The SMILES string of the molecule is CC(Sc1nnc(C2CC2)n1-c1ccccc1)C(=O)Nc1ccc2c(c1)C(=O)c1ccccc1C2=O. The van der Waals surface area contributed by atoms with Gasteiger partial charge in [-0.25, -0.2) is 0 Å². The lowest BCUT2D eigenvalue weighted by Crippen LogP contribution is -2.24. The summed E-state index contributed by atoms with van der Waals surface area (Å²) in [7, 11) is 0. The number of anilines is 1. The van der Waals surface area contributed by atoms with E-state index < -0.39 is 5.25 Å². The summed E-state index contributed by atoms with van der Waals surface area (Å²) in [5, 5.41) is 11.9. The van der Waals surface area contributed by atoms with E-state index in [1.165, 1.54) is 11.8 Å². The predicted molar refractivity (Wildman–Crippen MR) is 137 cm³/mol. The average Bonchev–Trinajstić information content (AvgIpc) is 3.67. The Balaban J connectivity index is 1.22. The molecule has 8 heteroatoms.